The number of non-ortho nitro benzene ring substituents is 1. The quantitative estimate of drug-likeness (QED) is 0.361. The van der Waals surface area contributed by atoms with Gasteiger partial charge in [0, 0.05) is 30.3 Å². The lowest BCUT2D eigenvalue weighted by Gasteiger charge is -2.30. The number of nitrogens with zero attached hydrogens (tertiary/aromatic N) is 3. The molecule has 2 aromatic carbocycles. The number of rotatable bonds is 12. The Morgan fingerprint density at radius 3 is 2.19 bits per heavy atom. The summed E-state index contributed by atoms with van der Waals surface area (Å²) >= 11 is 0. The van der Waals surface area contributed by atoms with E-state index in [1.165, 1.54) is 24.3 Å². The van der Waals surface area contributed by atoms with Gasteiger partial charge in [-0.15, -0.1) is 0 Å². The molecule has 0 aliphatic heterocycles. The molecule has 0 N–H and O–H groups in total. The third-order valence-corrected chi connectivity index (χ3v) is 5.62. The van der Waals surface area contributed by atoms with Crippen molar-refractivity contribution in [3.8, 4) is 5.75 Å². The summed E-state index contributed by atoms with van der Waals surface area (Å²) in [5, 5.41) is 10.9. The molecule has 0 saturated heterocycles. The van der Waals surface area contributed by atoms with Gasteiger partial charge in [0.1, 0.15) is 5.75 Å². The maximum absolute atomic E-state index is 13.3. The molecule has 0 saturated carbocycles. The van der Waals surface area contributed by atoms with E-state index in [-0.39, 0.29) is 17.6 Å². The Morgan fingerprint density at radius 1 is 1.06 bits per heavy atom. The van der Waals surface area contributed by atoms with Crippen LogP contribution in [-0.2, 0) is 6.54 Å². The molecule has 0 heterocycles. The third kappa shape index (κ3) is 7.07. The molecule has 0 spiro atoms. The van der Waals surface area contributed by atoms with E-state index >= 15 is 0 Å². The fraction of sp³-hybridized carbons (Fsp3) is 0.458. The third-order valence-electron chi connectivity index (χ3n) is 5.62. The van der Waals surface area contributed by atoms with Crippen molar-refractivity contribution in [3.05, 3.63) is 69.8 Å². The van der Waals surface area contributed by atoms with Crippen LogP contribution in [0.1, 0.15) is 49.5 Å². The number of hydrogen-bond acceptors (Lipinski definition) is 5. The normalized spacial score (nSPS) is 11.9. The number of nitro groups is 1. The molecule has 0 unspecified atom stereocenters. The predicted molar refractivity (Wildman–Crippen MR) is 122 cm³/mol. The van der Waals surface area contributed by atoms with Crippen LogP contribution in [0, 0.1) is 10.1 Å². The molecule has 2 aromatic rings. The van der Waals surface area contributed by atoms with Crippen LogP contribution < -0.4 is 4.74 Å². The minimum Gasteiger partial charge on any atom is -0.497 e. The Labute approximate surface area is 184 Å². The average molecular weight is 428 g/mol. The average Bonchev–Trinajstić information content (AvgIpc) is 2.80. The summed E-state index contributed by atoms with van der Waals surface area (Å²) in [6, 6.07) is 13.5. The number of ether oxygens (including phenoxy) is 1. The van der Waals surface area contributed by atoms with Crippen molar-refractivity contribution in [2.24, 2.45) is 0 Å². The number of methoxy groups -OCH3 is 1. The second-order valence-corrected chi connectivity index (χ2v) is 7.60. The molecule has 7 nitrogen and oxygen atoms in total. The fourth-order valence-electron chi connectivity index (χ4n) is 3.55. The van der Waals surface area contributed by atoms with E-state index in [0.29, 0.717) is 12.1 Å². The van der Waals surface area contributed by atoms with Crippen molar-refractivity contribution in [2.75, 3.05) is 26.7 Å². The van der Waals surface area contributed by atoms with Gasteiger partial charge in [0.2, 0.25) is 0 Å². The summed E-state index contributed by atoms with van der Waals surface area (Å²) in [6.45, 7) is 9.87. The second-order valence-electron chi connectivity index (χ2n) is 7.60. The SMILES string of the molecule is CCN(CC)CCC[C@H](C)N(Cc1ccc(OC)cc1)C(=O)c1ccc([N+](=O)[O-])cc1. The van der Waals surface area contributed by atoms with Crippen LogP contribution in [0.15, 0.2) is 48.5 Å². The number of carbonyl (C=O) groups excluding carboxylic acids is 1. The van der Waals surface area contributed by atoms with E-state index in [9.17, 15) is 14.9 Å². The Kier molecular flexibility index (Phi) is 9.46. The highest BCUT2D eigenvalue weighted by Gasteiger charge is 2.22. The fourth-order valence-corrected chi connectivity index (χ4v) is 3.55. The number of amides is 1. The second kappa shape index (κ2) is 12.1. The molecule has 0 aromatic heterocycles. The van der Waals surface area contributed by atoms with Crippen molar-refractivity contribution >= 4 is 11.6 Å². The molecule has 0 aliphatic rings. The van der Waals surface area contributed by atoms with E-state index in [4.69, 9.17) is 4.74 Å². The summed E-state index contributed by atoms with van der Waals surface area (Å²) in [7, 11) is 1.62. The first kappa shape index (κ1) is 24.3. The Hall–Kier alpha value is -2.93. The van der Waals surface area contributed by atoms with Crippen LogP contribution >= 0.6 is 0 Å². The predicted octanol–water partition coefficient (Wildman–Crippen LogP) is 4.76. The highest BCUT2D eigenvalue weighted by molar-refractivity contribution is 5.94. The molecule has 168 valence electrons. The van der Waals surface area contributed by atoms with E-state index in [1.54, 1.807) is 7.11 Å². The topological polar surface area (TPSA) is 75.9 Å². The molecule has 0 aliphatic carbocycles. The first-order chi connectivity index (χ1) is 14.9. The highest BCUT2D eigenvalue weighted by Crippen LogP contribution is 2.20. The number of nitro benzene ring substituents is 1. The van der Waals surface area contributed by atoms with Gasteiger partial charge in [-0.1, -0.05) is 26.0 Å². The van der Waals surface area contributed by atoms with Crippen LogP contribution in [0.5, 0.6) is 5.75 Å². The Balaban J connectivity index is 2.18. The van der Waals surface area contributed by atoms with E-state index in [1.807, 2.05) is 29.2 Å². The van der Waals surface area contributed by atoms with Gasteiger partial charge in [-0.3, -0.25) is 14.9 Å². The van der Waals surface area contributed by atoms with Gasteiger partial charge in [-0.05, 0) is 69.2 Å². The first-order valence-electron chi connectivity index (χ1n) is 10.8. The van der Waals surface area contributed by atoms with Crippen molar-refractivity contribution in [1.82, 2.24) is 9.80 Å². The molecular formula is C24H33N3O4. The Bertz CT molecular complexity index is 833. The molecule has 0 radical (unpaired) electrons. The largest absolute Gasteiger partial charge is 0.497 e. The minimum atomic E-state index is -0.459. The van der Waals surface area contributed by atoms with Gasteiger partial charge in [0.25, 0.3) is 11.6 Å². The molecule has 0 bridgehead atoms. The van der Waals surface area contributed by atoms with Gasteiger partial charge >= 0.3 is 0 Å². The monoisotopic (exact) mass is 427 g/mol. The lowest BCUT2D eigenvalue weighted by atomic mass is 10.1. The van der Waals surface area contributed by atoms with E-state index in [2.05, 4.69) is 25.7 Å². The zero-order valence-corrected chi connectivity index (χ0v) is 18.9. The number of benzene rings is 2. The summed E-state index contributed by atoms with van der Waals surface area (Å²) in [5.41, 5.74) is 1.44. The van der Waals surface area contributed by atoms with E-state index < -0.39 is 4.92 Å². The van der Waals surface area contributed by atoms with Crippen LogP contribution in [0.25, 0.3) is 0 Å². The molecule has 2 rings (SSSR count). The van der Waals surface area contributed by atoms with Gasteiger partial charge in [0.05, 0.1) is 12.0 Å². The maximum atomic E-state index is 13.3. The molecule has 7 heteroatoms. The molecule has 1 amide bonds. The van der Waals surface area contributed by atoms with Gasteiger partial charge < -0.3 is 14.5 Å². The van der Waals surface area contributed by atoms with Crippen LogP contribution in [0.3, 0.4) is 0 Å². The highest BCUT2D eigenvalue weighted by atomic mass is 16.6. The van der Waals surface area contributed by atoms with Crippen LogP contribution in [0.2, 0.25) is 0 Å². The minimum absolute atomic E-state index is 0.0227. The molecule has 0 fully saturated rings. The van der Waals surface area contributed by atoms with Gasteiger partial charge in [-0.2, -0.15) is 0 Å². The Morgan fingerprint density at radius 2 is 1.68 bits per heavy atom. The van der Waals surface area contributed by atoms with Crippen LogP contribution in [0.4, 0.5) is 5.69 Å². The summed E-state index contributed by atoms with van der Waals surface area (Å²) in [4.78, 5) is 28.0. The maximum Gasteiger partial charge on any atom is 0.269 e. The smallest absolute Gasteiger partial charge is 0.269 e. The molecule has 1 atom stereocenters. The first-order valence-corrected chi connectivity index (χ1v) is 10.8. The van der Waals surface area contributed by atoms with Crippen molar-refractivity contribution in [1.29, 1.82) is 0 Å². The number of hydrogen-bond donors (Lipinski definition) is 0. The van der Waals surface area contributed by atoms with Gasteiger partial charge in [0.15, 0.2) is 0 Å². The lowest BCUT2D eigenvalue weighted by molar-refractivity contribution is -0.384. The zero-order valence-electron chi connectivity index (χ0n) is 18.9. The molecule has 31 heavy (non-hydrogen) atoms. The van der Waals surface area contributed by atoms with Crippen molar-refractivity contribution < 1.29 is 14.5 Å². The zero-order chi connectivity index (χ0) is 22.8. The summed E-state index contributed by atoms with van der Waals surface area (Å²) in [5.74, 6) is 0.644. The molecular weight excluding hydrogens is 394 g/mol. The van der Waals surface area contributed by atoms with E-state index in [0.717, 1.165) is 43.8 Å². The summed E-state index contributed by atoms with van der Waals surface area (Å²) < 4.78 is 5.23. The lowest BCUT2D eigenvalue weighted by Crippen LogP contribution is -2.38. The standard InChI is InChI=1S/C24H33N3O4/c1-5-25(6-2)17-7-8-19(3)26(18-20-9-15-23(31-4)16-10-20)24(28)21-11-13-22(14-12-21)27(29)30/h9-16,19H,5-8,17-18H2,1-4H3/t19-/m0/s1. The van der Waals surface area contributed by atoms with Gasteiger partial charge in [-0.25, -0.2) is 0 Å². The van der Waals surface area contributed by atoms with Crippen molar-refractivity contribution in [3.63, 3.8) is 0 Å². The summed E-state index contributed by atoms with van der Waals surface area (Å²) in [6.07, 6.45) is 1.88. The van der Waals surface area contributed by atoms with Crippen LogP contribution in [-0.4, -0.2) is 53.4 Å². The number of carbonyl (C=O) groups is 1. The van der Waals surface area contributed by atoms with Crippen molar-refractivity contribution in [2.45, 2.75) is 46.2 Å².